The van der Waals surface area contributed by atoms with Gasteiger partial charge in [0.2, 0.25) is 0 Å². The first kappa shape index (κ1) is 17.1. The Morgan fingerprint density at radius 3 is 1.80 bits per heavy atom. The standard InChI is InChI=1S/C12H10ClF7/c1-2-3-7-4-8(6-9(13)5-7)10(14,11(15,16)17)12(18,19)20/h4-6H,2-3H2,1H3. The molecule has 0 amide bonds. The molecule has 0 nitrogen and oxygen atoms in total. The largest absolute Gasteiger partial charge is 0.435 e. The number of alkyl halides is 7. The Morgan fingerprint density at radius 1 is 0.900 bits per heavy atom. The van der Waals surface area contributed by atoms with Gasteiger partial charge < -0.3 is 0 Å². The smallest absolute Gasteiger partial charge is 0.218 e. The van der Waals surface area contributed by atoms with Crippen LogP contribution in [0.4, 0.5) is 30.7 Å². The molecule has 0 spiro atoms. The molecule has 0 heterocycles. The van der Waals surface area contributed by atoms with E-state index in [0.717, 1.165) is 0 Å². The number of halogens is 8. The molecule has 0 unspecified atom stereocenters. The molecule has 8 heteroatoms. The third-order valence-electron chi connectivity index (χ3n) is 2.68. The molecule has 1 aromatic rings. The minimum atomic E-state index is -6.13. The van der Waals surface area contributed by atoms with Crippen LogP contribution < -0.4 is 0 Å². The van der Waals surface area contributed by atoms with Crippen LogP contribution in [0.3, 0.4) is 0 Å². The Balaban J connectivity index is 3.51. The average molecular weight is 323 g/mol. The lowest BCUT2D eigenvalue weighted by Crippen LogP contribution is -2.50. The Labute approximate surface area is 115 Å². The lowest BCUT2D eigenvalue weighted by atomic mass is 9.92. The summed E-state index contributed by atoms with van der Waals surface area (Å²) in [5.41, 5.74) is -6.87. The first-order chi connectivity index (χ1) is 8.93. The highest BCUT2D eigenvalue weighted by Gasteiger charge is 2.73. The highest BCUT2D eigenvalue weighted by Crippen LogP contribution is 2.53. The fraction of sp³-hybridized carbons (Fsp3) is 0.500. The lowest BCUT2D eigenvalue weighted by Gasteiger charge is -2.30. The third kappa shape index (κ3) is 3.02. The minimum Gasteiger partial charge on any atom is -0.218 e. The molecule has 0 saturated carbocycles. The summed E-state index contributed by atoms with van der Waals surface area (Å²) in [5.74, 6) is 0. The van der Waals surface area contributed by atoms with Crippen molar-refractivity contribution in [3.63, 3.8) is 0 Å². The molecule has 0 aliphatic rings. The van der Waals surface area contributed by atoms with Gasteiger partial charge in [0.1, 0.15) is 0 Å². The Bertz CT molecular complexity index is 462. The summed E-state index contributed by atoms with van der Waals surface area (Å²) in [6.45, 7) is 1.68. The highest BCUT2D eigenvalue weighted by molar-refractivity contribution is 6.30. The van der Waals surface area contributed by atoms with Crippen molar-refractivity contribution in [1.29, 1.82) is 0 Å². The van der Waals surface area contributed by atoms with Crippen LogP contribution in [-0.4, -0.2) is 12.4 Å². The van der Waals surface area contributed by atoms with E-state index in [4.69, 9.17) is 11.6 Å². The highest BCUT2D eigenvalue weighted by atomic mass is 35.5. The first-order valence-corrected chi connectivity index (χ1v) is 5.93. The van der Waals surface area contributed by atoms with E-state index in [1.807, 2.05) is 0 Å². The zero-order valence-corrected chi connectivity index (χ0v) is 10.9. The second kappa shape index (κ2) is 5.42. The second-order valence-electron chi connectivity index (χ2n) is 4.25. The van der Waals surface area contributed by atoms with Crippen molar-refractivity contribution in [2.45, 2.75) is 37.8 Å². The number of rotatable bonds is 3. The zero-order chi connectivity index (χ0) is 15.8. The van der Waals surface area contributed by atoms with Crippen molar-refractivity contribution in [2.75, 3.05) is 0 Å². The molecule has 0 N–H and O–H groups in total. The molecular formula is C12H10ClF7. The Morgan fingerprint density at radius 2 is 1.40 bits per heavy atom. The van der Waals surface area contributed by atoms with Crippen LogP contribution in [0.1, 0.15) is 24.5 Å². The van der Waals surface area contributed by atoms with Crippen LogP contribution in [0.15, 0.2) is 18.2 Å². The summed E-state index contributed by atoms with van der Waals surface area (Å²) in [7, 11) is 0. The SMILES string of the molecule is CCCc1cc(Cl)cc(C(F)(C(F)(F)F)C(F)(F)F)c1. The first-order valence-electron chi connectivity index (χ1n) is 5.55. The van der Waals surface area contributed by atoms with E-state index in [1.54, 1.807) is 6.92 Å². The summed E-state index contributed by atoms with van der Waals surface area (Å²) in [4.78, 5) is 0. The number of aryl methyl sites for hydroxylation is 1. The van der Waals surface area contributed by atoms with Gasteiger partial charge in [0.05, 0.1) is 0 Å². The van der Waals surface area contributed by atoms with Crippen LogP contribution in [0.2, 0.25) is 5.02 Å². The summed E-state index contributed by atoms with van der Waals surface area (Å²) in [6.07, 6.45) is -11.6. The predicted molar refractivity (Wildman–Crippen MR) is 60.3 cm³/mol. The molecule has 114 valence electrons. The van der Waals surface area contributed by atoms with E-state index in [9.17, 15) is 30.7 Å². The van der Waals surface area contributed by atoms with Crippen molar-refractivity contribution in [3.8, 4) is 0 Å². The number of hydrogen-bond acceptors (Lipinski definition) is 0. The van der Waals surface area contributed by atoms with E-state index in [2.05, 4.69) is 0 Å². The number of hydrogen-bond donors (Lipinski definition) is 0. The minimum absolute atomic E-state index is 0.116. The van der Waals surface area contributed by atoms with Crippen molar-refractivity contribution in [2.24, 2.45) is 0 Å². The van der Waals surface area contributed by atoms with Crippen molar-refractivity contribution in [1.82, 2.24) is 0 Å². The maximum atomic E-state index is 13.8. The van der Waals surface area contributed by atoms with Gasteiger partial charge in [-0.05, 0) is 24.1 Å². The van der Waals surface area contributed by atoms with Gasteiger partial charge in [-0.3, -0.25) is 0 Å². The molecular weight excluding hydrogens is 313 g/mol. The van der Waals surface area contributed by atoms with Gasteiger partial charge in [0, 0.05) is 10.6 Å². The van der Waals surface area contributed by atoms with Crippen LogP contribution in [0, 0.1) is 0 Å². The number of benzene rings is 1. The molecule has 1 rings (SSSR count). The summed E-state index contributed by atoms with van der Waals surface area (Å²) in [6, 6.07) is 2.11. The molecule has 20 heavy (non-hydrogen) atoms. The maximum absolute atomic E-state index is 13.8. The molecule has 0 fully saturated rings. The van der Waals surface area contributed by atoms with Crippen molar-refractivity contribution < 1.29 is 30.7 Å². The van der Waals surface area contributed by atoms with Gasteiger partial charge in [-0.2, -0.15) is 26.3 Å². The Hall–Kier alpha value is -0.980. The fourth-order valence-corrected chi connectivity index (χ4v) is 2.03. The van der Waals surface area contributed by atoms with Crippen LogP contribution in [-0.2, 0) is 12.1 Å². The van der Waals surface area contributed by atoms with Gasteiger partial charge >= 0.3 is 18.0 Å². The molecule has 1 aromatic carbocycles. The Kier molecular flexibility index (Phi) is 4.63. The zero-order valence-electron chi connectivity index (χ0n) is 10.2. The predicted octanol–water partition coefficient (Wildman–Crippen LogP) is 5.58. The quantitative estimate of drug-likeness (QED) is 0.637. The van der Waals surface area contributed by atoms with Gasteiger partial charge in [-0.1, -0.05) is 31.0 Å². The van der Waals surface area contributed by atoms with E-state index >= 15 is 0 Å². The monoisotopic (exact) mass is 322 g/mol. The van der Waals surface area contributed by atoms with Gasteiger partial charge in [0.25, 0.3) is 0 Å². The molecule has 0 aliphatic carbocycles. The maximum Gasteiger partial charge on any atom is 0.435 e. The van der Waals surface area contributed by atoms with Crippen LogP contribution >= 0.6 is 11.6 Å². The average Bonchev–Trinajstić information content (AvgIpc) is 2.24. The fourth-order valence-electron chi connectivity index (χ4n) is 1.77. The molecule has 0 atom stereocenters. The topological polar surface area (TPSA) is 0 Å². The van der Waals surface area contributed by atoms with Gasteiger partial charge in [0.15, 0.2) is 0 Å². The molecule has 0 bridgehead atoms. The second-order valence-corrected chi connectivity index (χ2v) is 4.69. The van der Waals surface area contributed by atoms with Crippen LogP contribution in [0.5, 0.6) is 0 Å². The van der Waals surface area contributed by atoms with Crippen molar-refractivity contribution >= 4 is 11.6 Å². The lowest BCUT2D eigenvalue weighted by molar-refractivity contribution is -0.348. The third-order valence-corrected chi connectivity index (χ3v) is 2.89. The van der Waals surface area contributed by atoms with Gasteiger partial charge in [-0.25, -0.2) is 4.39 Å². The van der Waals surface area contributed by atoms with Crippen molar-refractivity contribution in [3.05, 3.63) is 34.3 Å². The summed E-state index contributed by atoms with van der Waals surface area (Å²) >= 11 is 5.49. The summed E-state index contributed by atoms with van der Waals surface area (Å²) in [5, 5.41) is -0.374. The summed E-state index contributed by atoms with van der Waals surface area (Å²) < 4.78 is 89.4. The normalized spacial score (nSPS) is 13.7. The van der Waals surface area contributed by atoms with E-state index in [1.165, 1.54) is 6.07 Å². The molecule has 0 radical (unpaired) electrons. The van der Waals surface area contributed by atoms with E-state index in [0.29, 0.717) is 18.6 Å². The van der Waals surface area contributed by atoms with Gasteiger partial charge in [-0.15, -0.1) is 0 Å². The van der Waals surface area contributed by atoms with E-state index < -0.39 is 23.6 Å². The molecule has 0 aromatic heterocycles. The van der Waals surface area contributed by atoms with E-state index in [-0.39, 0.29) is 17.0 Å². The van der Waals surface area contributed by atoms with Crippen LogP contribution in [0.25, 0.3) is 0 Å². The molecule has 0 saturated heterocycles. The molecule has 0 aliphatic heterocycles.